The predicted molar refractivity (Wildman–Crippen MR) is 156 cm³/mol. The Kier molecular flexibility index (Phi) is 9.71. The van der Waals surface area contributed by atoms with Crippen molar-refractivity contribution in [3.63, 3.8) is 0 Å². The molecule has 0 saturated heterocycles. The van der Waals surface area contributed by atoms with Gasteiger partial charge in [-0.2, -0.15) is 5.10 Å². The number of carbonyl (C=O) groups is 3. The summed E-state index contributed by atoms with van der Waals surface area (Å²) < 4.78 is 11.0. The lowest BCUT2D eigenvalue weighted by Crippen LogP contribution is -2.18. The molecule has 0 bridgehead atoms. The van der Waals surface area contributed by atoms with E-state index in [0.29, 0.717) is 23.4 Å². The number of nitro groups is 1. The van der Waals surface area contributed by atoms with Crippen molar-refractivity contribution in [3.8, 4) is 11.5 Å². The van der Waals surface area contributed by atoms with E-state index in [1.165, 1.54) is 36.5 Å². The van der Waals surface area contributed by atoms with Crippen molar-refractivity contribution in [2.24, 2.45) is 5.10 Å². The number of benzene rings is 4. The van der Waals surface area contributed by atoms with Gasteiger partial charge in [-0.05, 0) is 72.6 Å². The van der Waals surface area contributed by atoms with Crippen LogP contribution in [0, 0.1) is 10.1 Å². The molecule has 0 spiro atoms. The number of hydrazone groups is 1. The summed E-state index contributed by atoms with van der Waals surface area (Å²) in [4.78, 5) is 47.6. The highest BCUT2D eigenvalue weighted by Crippen LogP contribution is 2.29. The highest BCUT2D eigenvalue weighted by molar-refractivity contribution is 5.97. The van der Waals surface area contributed by atoms with Crippen LogP contribution in [0.5, 0.6) is 11.5 Å². The smallest absolute Gasteiger partial charge is 0.343 e. The molecule has 0 radical (unpaired) electrons. The predicted octanol–water partition coefficient (Wildman–Crippen LogP) is 5.16. The second-order valence-electron chi connectivity index (χ2n) is 8.82. The van der Waals surface area contributed by atoms with E-state index in [2.05, 4.69) is 15.8 Å². The third-order valence-electron chi connectivity index (χ3n) is 5.80. The maximum absolute atomic E-state index is 12.5. The zero-order valence-electron chi connectivity index (χ0n) is 22.5. The number of hydrogen-bond acceptors (Lipinski definition) is 8. The number of anilines is 1. The van der Waals surface area contributed by atoms with Crippen LogP contribution in [0.15, 0.2) is 102 Å². The molecular formula is C31H26N4O7. The van der Waals surface area contributed by atoms with Crippen LogP contribution in [-0.2, 0) is 11.2 Å². The van der Waals surface area contributed by atoms with Crippen molar-refractivity contribution in [2.75, 3.05) is 11.9 Å². The van der Waals surface area contributed by atoms with Crippen LogP contribution in [0.1, 0.15) is 38.8 Å². The van der Waals surface area contributed by atoms with E-state index in [-0.39, 0.29) is 35.1 Å². The van der Waals surface area contributed by atoms with Gasteiger partial charge in [0, 0.05) is 23.4 Å². The lowest BCUT2D eigenvalue weighted by Gasteiger charge is -2.11. The number of hydrogen-bond donors (Lipinski definition) is 2. The zero-order chi connectivity index (χ0) is 29.9. The number of amides is 2. The van der Waals surface area contributed by atoms with Crippen LogP contribution in [0.25, 0.3) is 0 Å². The van der Waals surface area contributed by atoms with E-state index < -0.39 is 16.8 Å². The Labute approximate surface area is 240 Å². The first-order valence-electron chi connectivity index (χ1n) is 12.8. The summed E-state index contributed by atoms with van der Waals surface area (Å²) in [6, 6.07) is 25.5. The van der Waals surface area contributed by atoms with Gasteiger partial charge in [0.05, 0.1) is 29.7 Å². The fourth-order valence-electron chi connectivity index (χ4n) is 3.76. The van der Waals surface area contributed by atoms with Crippen molar-refractivity contribution in [3.05, 3.63) is 129 Å². The summed E-state index contributed by atoms with van der Waals surface area (Å²) >= 11 is 0. The van der Waals surface area contributed by atoms with E-state index in [0.717, 1.165) is 5.56 Å². The number of nitro benzene ring substituents is 1. The molecule has 0 heterocycles. The van der Waals surface area contributed by atoms with Gasteiger partial charge in [0.15, 0.2) is 11.5 Å². The van der Waals surface area contributed by atoms with Gasteiger partial charge in [0.2, 0.25) is 5.91 Å². The summed E-state index contributed by atoms with van der Waals surface area (Å²) in [6.45, 7) is 2.06. The summed E-state index contributed by atoms with van der Waals surface area (Å²) in [7, 11) is 0. The molecule has 0 atom stereocenters. The number of carbonyl (C=O) groups excluding carboxylic acids is 3. The lowest BCUT2D eigenvalue weighted by molar-refractivity contribution is -0.384. The summed E-state index contributed by atoms with van der Waals surface area (Å²) in [5, 5.41) is 17.6. The first-order valence-corrected chi connectivity index (χ1v) is 12.8. The Balaban J connectivity index is 1.33. The van der Waals surface area contributed by atoms with Crippen molar-refractivity contribution >= 4 is 35.4 Å². The molecule has 0 aliphatic carbocycles. The van der Waals surface area contributed by atoms with E-state index in [9.17, 15) is 24.5 Å². The SMILES string of the molecule is CCOc1cc(/C=N\NC(=O)c2ccc(NC(=O)Cc3ccccc3)cc2)ccc1OC(=O)c1ccc([N+](=O)[O-])cc1. The van der Waals surface area contributed by atoms with E-state index in [1.54, 1.807) is 43.3 Å². The van der Waals surface area contributed by atoms with E-state index in [1.807, 2.05) is 30.3 Å². The van der Waals surface area contributed by atoms with Crippen LogP contribution in [0.3, 0.4) is 0 Å². The number of ether oxygens (including phenoxy) is 2. The fourth-order valence-corrected chi connectivity index (χ4v) is 3.76. The molecule has 11 heteroatoms. The summed E-state index contributed by atoms with van der Waals surface area (Å²) in [5.41, 5.74) is 4.80. The topological polar surface area (TPSA) is 149 Å². The maximum Gasteiger partial charge on any atom is 0.343 e. The van der Waals surface area contributed by atoms with Gasteiger partial charge in [-0.15, -0.1) is 0 Å². The Morgan fingerprint density at radius 1 is 0.881 bits per heavy atom. The summed E-state index contributed by atoms with van der Waals surface area (Å²) in [6.07, 6.45) is 1.65. The summed E-state index contributed by atoms with van der Waals surface area (Å²) in [5.74, 6) is -0.903. The van der Waals surface area contributed by atoms with Crippen molar-refractivity contribution in [1.29, 1.82) is 0 Å². The van der Waals surface area contributed by atoms with Crippen LogP contribution in [0.2, 0.25) is 0 Å². The van der Waals surface area contributed by atoms with Crippen molar-refractivity contribution < 1.29 is 28.8 Å². The molecule has 0 aliphatic rings. The molecule has 0 saturated carbocycles. The number of nitrogens with zero attached hydrogens (tertiary/aromatic N) is 2. The number of rotatable bonds is 11. The average molecular weight is 567 g/mol. The number of esters is 1. The minimum atomic E-state index is -0.707. The monoisotopic (exact) mass is 566 g/mol. The molecule has 4 aromatic rings. The normalized spacial score (nSPS) is 10.6. The minimum absolute atomic E-state index is 0.138. The molecule has 2 N–H and O–H groups in total. The molecule has 0 aromatic heterocycles. The molecule has 0 aliphatic heterocycles. The fraction of sp³-hybridized carbons (Fsp3) is 0.0968. The Hall–Kier alpha value is -5.84. The average Bonchev–Trinajstić information content (AvgIpc) is 2.99. The highest BCUT2D eigenvalue weighted by atomic mass is 16.6. The molecule has 2 amide bonds. The largest absolute Gasteiger partial charge is 0.490 e. The third kappa shape index (κ3) is 8.09. The number of non-ortho nitro benzene ring substituents is 1. The molecule has 212 valence electrons. The first kappa shape index (κ1) is 29.2. The standard InChI is InChI=1S/C31H26N4O7/c1-2-41-28-18-22(8-17-27(28)42-31(38)24-11-15-26(16-12-24)35(39)40)20-32-34-30(37)23-9-13-25(14-10-23)33-29(36)19-21-6-4-3-5-7-21/h3-18,20H,2,19H2,1H3,(H,33,36)(H,34,37)/b32-20-. The first-order chi connectivity index (χ1) is 20.3. The molecule has 11 nitrogen and oxygen atoms in total. The molecule has 4 aromatic carbocycles. The van der Waals surface area contributed by atoms with Crippen molar-refractivity contribution in [1.82, 2.24) is 5.43 Å². The second-order valence-corrected chi connectivity index (χ2v) is 8.82. The van der Waals surface area contributed by atoms with Gasteiger partial charge >= 0.3 is 5.97 Å². The van der Waals surface area contributed by atoms with Gasteiger partial charge in [0.25, 0.3) is 11.6 Å². The Bertz CT molecular complexity index is 1600. The molecule has 0 fully saturated rings. The molecule has 42 heavy (non-hydrogen) atoms. The zero-order valence-corrected chi connectivity index (χ0v) is 22.5. The van der Waals surface area contributed by atoms with Crippen LogP contribution >= 0.6 is 0 Å². The Morgan fingerprint density at radius 2 is 1.57 bits per heavy atom. The van der Waals surface area contributed by atoms with Gasteiger partial charge in [-0.3, -0.25) is 19.7 Å². The van der Waals surface area contributed by atoms with Gasteiger partial charge in [-0.25, -0.2) is 10.2 Å². The lowest BCUT2D eigenvalue weighted by atomic mass is 10.1. The highest BCUT2D eigenvalue weighted by Gasteiger charge is 2.15. The van der Waals surface area contributed by atoms with E-state index >= 15 is 0 Å². The maximum atomic E-state index is 12.5. The number of nitrogens with one attached hydrogen (secondary N) is 2. The van der Waals surface area contributed by atoms with Crippen LogP contribution < -0.4 is 20.2 Å². The van der Waals surface area contributed by atoms with Crippen LogP contribution in [-0.4, -0.2) is 35.5 Å². The van der Waals surface area contributed by atoms with Gasteiger partial charge in [0.1, 0.15) is 0 Å². The third-order valence-corrected chi connectivity index (χ3v) is 5.80. The van der Waals surface area contributed by atoms with E-state index in [4.69, 9.17) is 9.47 Å². The van der Waals surface area contributed by atoms with Crippen LogP contribution in [0.4, 0.5) is 11.4 Å². The minimum Gasteiger partial charge on any atom is -0.490 e. The Morgan fingerprint density at radius 3 is 2.24 bits per heavy atom. The molecule has 4 rings (SSSR count). The molecule has 0 unspecified atom stereocenters. The van der Waals surface area contributed by atoms with Crippen molar-refractivity contribution in [2.45, 2.75) is 13.3 Å². The van der Waals surface area contributed by atoms with Gasteiger partial charge < -0.3 is 14.8 Å². The second kappa shape index (κ2) is 14.0. The van der Waals surface area contributed by atoms with Gasteiger partial charge in [-0.1, -0.05) is 30.3 Å². The quantitative estimate of drug-likeness (QED) is 0.0837. The molecular weight excluding hydrogens is 540 g/mol.